The average molecular weight is 374 g/mol. The Morgan fingerprint density at radius 1 is 1.21 bits per heavy atom. The first-order chi connectivity index (χ1) is 8.65. The van der Waals surface area contributed by atoms with E-state index in [1.54, 1.807) is 0 Å². The third-order valence-electron chi connectivity index (χ3n) is 3.53. The highest BCUT2D eigenvalue weighted by atomic mass is 127. The van der Waals surface area contributed by atoms with Crippen LogP contribution in [0.3, 0.4) is 0 Å². The standard InChI is InChI=1S/C14H22N4.HI/c1-11-6-8-18(9-7-11)13-4-2-12(3-5-13)10-17-14(15)16;/h2-5,11H,6-10H2,1H3,(H4,15,16,17);1H. The van der Waals surface area contributed by atoms with Gasteiger partial charge in [-0.1, -0.05) is 19.1 Å². The SMILES string of the molecule is CC1CCN(c2ccc(CN=C(N)N)cc2)CC1.I. The Morgan fingerprint density at radius 3 is 2.32 bits per heavy atom. The minimum atomic E-state index is 0. The molecule has 0 atom stereocenters. The summed E-state index contributed by atoms with van der Waals surface area (Å²) < 4.78 is 0. The van der Waals surface area contributed by atoms with Gasteiger partial charge in [-0.3, -0.25) is 0 Å². The van der Waals surface area contributed by atoms with Gasteiger partial charge in [0.2, 0.25) is 0 Å². The summed E-state index contributed by atoms with van der Waals surface area (Å²) >= 11 is 0. The van der Waals surface area contributed by atoms with Gasteiger partial charge in [0.25, 0.3) is 0 Å². The number of anilines is 1. The van der Waals surface area contributed by atoms with Crippen LogP contribution in [0, 0.1) is 5.92 Å². The molecular weight excluding hydrogens is 351 g/mol. The molecule has 1 aliphatic heterocycles. The Labute approximate surface area is 132 Å². The summed E-state index contributed by atoms with van der Waals surface area (Å²) in [5, 5.41) is 0. The topological polar surface area (TPSA) is 67.6 Å². The number of hydrogen-bond donors (Lipinski definition) is 2. The van der Waals surface area contributed by atoms with Crippen LogP contribution in [-0.4, -0.2) is 19.0 Å². The van der Waals surface area contributed by atoms with E-state index < -0.39 is 0 Å². The first-order valence-corrected chi connectivity index (χ1v) is 6.54. The van der Waals surface area contributed by atoms with Crippen molar-refractivity contribution in [1.29, 1.82) is 0 Å². The van der Waals surface area contributed by atoms with Gasteiger partial charge in [0.1, 0.15) is 0 Å². The van der Waals surface area contributed by atoms with Gasteiger partial charge in [-0.2, -0.15) is 0 Å². The lowest BCUT2D eigenvalue weighted by molar-refractivity contribution is 0.438. The quantitative estimate of drug-likeness (QED) is 0.485. The molecule has 0 radical (unpaired) electrons. The smallest absolute Gasteiger partial charge is 0.186 e. The van der Waals surface area contributed by atoms with Crippen LogP contribution in [0.4, 0.5) is 5.69 Å². The van der Waals surface area contributed by atoms with Crippen LogP contribution < -0.4 is 16.4 Å². The molecule has 0 amide bonds. The Balaban J connectivity index is 0.00000180. The molecular formula is C14H23IN4. The first-order valence-electron chi connectivity index (χ1n) is 6.54. The van der Waals surface area contributed by atoms with Crippen molar-refractivity contribution >= 4 is 35.6 Å². The van der Waals surface area contributed by atoms with E-state index in [2.05, 4.69) is 41.1 Å². The van der Waals surface area contributed by atoms with E-state index in [9.17, 15) is 0 Å². The summed E-state index contributed by atoms with van der Waals surface area (Å²) in [7, 11) is 0. The summed E-state index contributed by atoms with van der Waals surface area (Å²) in [4.78, 5) is 6.45. The zero-order chi connectivity index (χ0) is 13.0. The van der Waals surface area contributed by atoms with Crippen molar-refractivity contribution in [3.05, 3.63) is 29.8 Å². The second kappa shape index (κ2) is 7.57. The van der Waals surface area contributed by atoms with Crippen molar-refractivity contribution in [2.75, 3.05) is 18.0 Å². The second-order valence-corrected chi connectivity index (χ2v) is 5.08. The minimum absolute atomic E-state index is 0. The number of piperidine rings is 1. The van der Waals surface area contributed by atoms with Gasteiger partial charge in [-0.25, -0.2) is 4.99 Å². The van der Waals surface area contributed by atoms with Gasteiger partial charge in [-0.05, 0) is 36.5 Å². The van der Waals surface area contributed by atoms with Crippen LogP contribution in [0.1, 0.15) is 25.3 Å². The van der Waals surface area contributed by atoms with Crippen molar-refractivity contribution in [3.8, 4) is 0 Å². The van der Waals surface area contributed by atoms with E-state index in [0.29, 0.717) is 6.54 Å². The number of halogens is 1. The lowest BCUT2D eigenvalue weighted by atomic mass is 9.99. The lowest BCUT2D eigenvalue weighted by Crippen LogP contribution is -2.32. The number of aliphatic imine (C=N–C) groups is 1. The van der Waals surface area contributed by atoms with E-state index in [4.69, 9.17) is 11.5 Å². The van der Waals surface area contributed by atoms with Crippen LogP contribution in [0.5, 0.6) is 0 Å². The summed E-state index contributed by atoms with van der Waals surface area (Å²) in [6, 6.07) is 8.51. The molecule has 2 rings (SSSR count). The number of benzene rings is 1. The van der Waals surface area contributed by atoms with E-state index in [1.165, 1.54) is 18.5 Å². The van der Waals surface area contributed by atoms with Gasteiger partial charge in [-0.15, -0.1) is 24.0 Å². The molecule has 1 aromatic carbocycles. The van der Waals surface area contributed by atoms with Gasteiger partial charge < -0.3 is 16.4 Å². The molecule has 4 N–H and O–H groups in total. The largest absolute Gasteiger partial charge is 0.372 e. The van der Waals surface area contributed by atoms with Gasteiger partial charge in [0.15, 0.2) is 5.96 Å². The van der Waals surface area contributed by atoms with Crippen molar-refractivity contribution in [2.45, 2.75) is 26.3 Å². The molecule has 1 aliphatic rings. The highest BCUT2D eigenvalue weighted by Crippen LogP contribution is 2.23. The fourth-order valence-corrected chi connectivity index (χ4v) is 2.26. The van der Waals surface area contributed by atoms with E-state index >= 15 is 0 Å². The number of rotatable bonds is 3. The molecule has 1 heterocycles. The Kier molecular flexibility index (Phi) is 6.41. The normalized spacial score (nSPS) is 15.7. The van der Waals surface area contributed by atoms with Crippen LogP contribution >= 0.6 is 24.0 Å². The number of nitrogens with two attached hydrogens (primary N) is 2. The molecule has 4 nitrogen and oxygen atoms in total. The van der Waals surface area contributed by atoms with Crippen molar-refractivity contribution in [1.82, 2.24) is 0 Å². The van der Waals surface area contributed by atoms with Crippen LogP contribution in [0.2, 0.25) is 0 Å². The molecule has 0 bridgehead atoms. The molecule has 5 heteroatoms. The van der Waals surface area contributed by atoms with Crippen molar-refractivity contribution in [2.24, 2.45) is 22.4 Å². The number of hydrogen-bond acceptors (Lipinski definition) is 2. The summed E-state index contributed by atoms with van der Waals surface area (Å²) in [6.07, 6.45) is 2.57. The molecule has 0 unspecified atom stereocenters. The predicted molar refractivity (Wildman–Crippen MR) is 92.0 cm³/mol. The predicted octanol–water partition coefficient (Wildman–Crippen LogP) is 2.31. The lowest BCUT2D eigenvalue weighted by Gasteiger charge is -2.32. The van der Waals surface area contributed by atoms with Gasteiger partial charge >= 0.3 is 0 Å². The molecule has 106 valence electrons. The molecule has 0 aliphatic carbocycles. The van der Waals surface area contributed by atoms with Gasteiger partial charge in [0, 0.05) is 18.8 Å². The maximum Gasteiger partial charge on any atom is 0.186 e. The third kappa shape index (κ3) is 4.89. The van der Waals surface area contributed by atoms with Crippen LogP contribution in [-0.2, 0) is 6.54 Å². The number of guanidine groups is 1. The van der Waals surface area contributed by atoms with E-state index in [0.717, 1.165) is 24.6 Å². The van der Waals surface area contributed by atoms with Crippen LogP contribution in [0.15, 0.2) is 29.3 Å². The fraction of sp³-hybridized carbons (Fsp3) is 0.500. The van der Waals surface area contributed by atoms with Crippen molar-refractivity contribution < 1.29 is 0 Å². The Hall–Kier alpha value is -0.980. The molecule has 1 fully saturated rings. The molecule has 1 aromatic rings. The zero-order valence-corrected chi connectivity index (χ0v) is 13.7. The molecule has 0 spiro atoms. The average Bonchev–Trinajstić information content (AvgIpc) is 2.38. The van der Waals surface area contributed by atoms with Crippen LogP contribution in [0.25, 0.3) is 0 Å². The maximum atomic E-state index is 5.32. The molecule has 1 saturated heterocycles. The highest BCUT2D eigenvalue weighted by Gasteiger charge is 2.15. The van der Waals surface area contributed by atoms with Gasteiger partial charge in [0.05, 0.1) is 6.54 Å². The Bertz CT molecular complexity index is 404. The monoisotopic (exact) mass is 374 g/mol. The maximum absolute atomic E-state index is 5.32. The first kappa shape index (κ1) is 16.1. The summed E-state index contributed by atoms with van der Waals surface area (Å²) in [5.41, 5.74) is 13.1. The van der Waals surface area contributed by atoms with E-state index in [-0.39, 0.29) is 29.9 Å². The molecule has 19 heavy (non-hydrogen) atoms. The van der Waals surface area contributed by atoms with Crippen molar-refractivity contribution in [3.63, 3.8) is 0 Å². The number of nitrogens with zero attached hydrogens (tertiary/aromatic N) is 2. The fourth-order valence-electron chi connectivity index (χ4n) is 2.26. The zero-order valence-electron chi connectivity index (χ0n) is 11.4. The third-order valence-corrected chi connectivity index (χ3v) is 3.53. The highest BCUT2D eigenvalue weighted by molar-refractivity contribution is 14.0. The second-order valence-electron chi connectivity index (χ2n) is 5.08. The summed E-state index contributed by atoms with van der Waals surface area (Å²) in [6.45, 7) is 5.21. The minimum Gasteiger partial charge on any atom is -0.372 e. The van der Waals surface area contributed by atoms with E-state index in [1.807, 2.05) is 0 Å². The summed E-state index contributed by atoms with van der Waals surface area (Å²) in [5.74, 6) is 1.01. The molecule has 0 aromatic heterocycles. The molecule has 0 saturated carbocycles. The Morgan fingerprint density at radius 2 is 1.79 bits per heavy atom.